The minimum absolute atomic E-state index is 0.0407. The summed E-state index contributed by atoms with van der Waals surface area (Å²) in [6.45, 7) is 15.1. The molecule has 0 unspecified atom stereocenters. The number of esters is 2. The van der Waals surface area contributed by atoms with Crippen LogP contribution in [-0.2, 0) is 19.0 Å². The molecule has 1 saturated heterocycles. The van der Waals surface area contributed by atoms with Crippen LogP contribution in [0.2, 0.25) is 0 Å². The van der Waals surface area contributed by atoms with Crippen LogP contribution in [0.1, 0.15) is 103 Å². The van der Waals surface area contributed by atoms with Crippen molar-refractivity contribution in [3.63, 3.8) is 0 Å². The van der Waals surface area contributed by atoms with Crippen LogP contribution in [0.3, 0.4) is 0 Å². The van der Waals surface area contributed by atoms with Crippen LogP contribution in [0.5, 0.6) is 0 Å². The Morgan fingerprint density at radius 1 is 1.00 bits per heavy atom. The van der Waals surface area contributed by atoms with Gasteiger partial charge in [-0.25, -0.2) is 4.79 Å². The van der Waals surface area contributed by atoms with Crippen molar-refractivity contribution in [1.82, 2.24) is 0 Å². The summed E-state index contributed by atoms with van der Waals surface area (Å²) in [6.07, 6.45) is 9.78. The van der Waals surface area contributed by atoms with Crippen molar-refractivity contribution < 1.29 is 23.8 Å². The van der Waals surface area contributed by atoms with Crippen LogP contribution in [0.4, 0.5) is 0 Å². The van der Waals surface area contributed by atoms with Crippen LogP contribution >= 0.6 is 0 Å². The summed E-state index contributed by atoms with van der Waals surface area (Å²) in [5.74, 6) is 2.60. The normalized spacial score (nSPS) is 44.6. The maximum atomic E-state index is 13.6. The number of ether oxygens (including phenoxy) is 3. The summed E-state index contributed by atoms with van der Waals surface area (Å²) in [6, 6.07) is 9.51. The molecule has 0 aromatic heterocycles. The van der Waals surface area contributed by atoms with E-state index in [-0.39, 0.29) is 47.2 Å². The second-order valence-electron chi connectivity index (χ2n) is 14.9. The zero-order valence-corrected chi connectivity index (χ0v) is 25.8. The molecule has 6 rings (SSSR count). The Labute approximate surface area is 246 Å². The van der Waals surface area contributed by atoms with Crippen molar-refractivity contribution in [1.29, 1.82) is 0 Å². The van der Waals surface area contributed by atoms with Gasteiger partial charge in [0.25, 0.3) is 0 Å². The predicted octanol–water partition coefficient (Wildman–Crippen LogP) is 7.78. The Morgan fingerprint density at radius 3 is 2.46 bits per heavy atom. The minimum atomic E-state index is -0.195. The summed E-state index contributed by atoms with van der Waals surface area (Å²) in [5.41, 5.74) is 1.91. The van der Waals surface area contributed by atoms with Gasteiger partial charge >= 0.3 is 11.9 Å². The predicted molar refractivity (Wildman–Crippen MR) is 159 cm³/mol. The Kier molecular flexibility index (Phi) is 7.66. The van der Waals surface area contributed by atoms with Gasteiger partial charge in [-0.15, -0.1) is 6.58 Å². The number of allylic oxidation sites excluding steroid dienone is 1. The third-order valence-corrected chi connectivity index (χ3v) is 12.7. The van der Waals surface area contributed by atoms with Crippen molar-refractivity contribution in [3.8, 4) is 0 Å². The fourth-order valence-electron chi connectivity index (χ4n) is 10.8. The Bertz CT molecular complexity index is 1160. The first kappa shape index (κ1) is 29.0. The number of hydrogen-bond donors (Lipinski definition) is 0. The molecule has 5 nitrogen and oxygen atoms in total. The van der Waals surface area contributed by atoms with Crippen LogP contribution in [-0.4, -0.2) is 36.4 Å². The van der Waals surface area contributed by atoms with Crippen molar-refractivity contribution >= 4 is 11.9 Å². The van der Waals surface area contributed by atoms with E-state index in [1.54, 1.807) is 0 Å². The molecule has 5 aliphatic rings. The van der Waals surface area contributed by atoms with E-state index in [9.17, 15) is 9.59 Å². The maximum Gasteiger partial charge on any atom is 0.338 e. The van der Waals surface area contributed by atoms with E-state index < -0.39 is 0 Å². The van der Waals surface area contributed by atoms with Gasteiger partial charge in [-0.2, -0.15) is 0 Å². The highest BCUT2D eigenvalue weighted by Crippen LogP contribution is 2.70. The minimum Gasteiger partial charge on any atom is -0.463 e. The van der Waals surface area contributed by atoms with E-state index in [2.05, 4.69) is 34.3 Å². The van der Waals surface area contributed by atoms with Gasteiger partial charge in [0.15, 0.2) is 0 Å². The molecule has 1 heterocycles. The summed E-state index contributed by atoms with van der Waals surface area (Å²) < 4.78 is 19.2. The van der Waals surface area contributed by atoms with Gasteiger partial charge in [0.2, 0.25) is 0 Å². The summed E-state index contributed by atoms with van der Waals surface area (Å²) >= 11 is 0. The lowest BCUT2D eigenvalue weighted by molar-refractivity contribution is -0.181. The molecule has 0 amide bonds. The zero-order chi connectivity index (χ0) is 29.1. The van der Waals surface area contributed by atoms with Gasteiger partial charge in [-0.3, -0.25) is 4.79 Å². The quantitative estimate of drug-likeness (QED) is 0.262. The lowest BCUT2D eigenvalue weighted by Crippen LogP contribution is -2.60. The number of hydrogen-bond acceptors (Lipinski definition) is 5. The van der Waals surface area contributed by atoms with Crippen molar-refractivity contribution in [2.24, 2.45) is 46.3 Å². The standard InChI is InChI=1S/C36H50O5/c1-21(2)12-15-30-22(3)33-31(40-30)19-29-27-14-13-25-18-26(39-23(4)37)16-17-35(25,5)28(27)20-32(36(29,33)6)41-34(38)24-10-8-7-9-11-24/h7-11,22,25-33H,1,12-20H2,2-6H3/t22-,25+,26+,27-,28+,29+,30-,31+,32-,33+,35+,36-/m1/s1. The van der Waals surface area contributed by atoms with Crippen LogP contribution in [0, 0.1) is 46.3 Å². The number of carbonyl (C=O) groups is 2. The van der Waals surface area contributed by atoms with Gasteiger partial charge in [0.1, 0.15) is 12.2 Å². The van der Waals surface area contributed by atoms with E-state index in [4.69, 9.17) is 14.2 Å². The molecule has 5 heteroatoms. The Hall–Kier alpha value is -2.14. The first-order valence-electron chi connectivity index (χ1n) is 16.3. The third-order valence-electron chi connectivity index (χ3n) is 12.7. The lowest BCUT2D eigenvalue weighted by atomic mass is 9.43. The van der Waals surface area contributed by atoms with E-state index in [1.165, 1.54) is 25.3 Å². The van der Waals surface area contributed by atoms with Crippen LogP contribution < -0.4 is 0 Å². The molecule has 1 aliphatic heterocycles. The van der Waals surface area contributed by atoms with Gasteiger partial charge in [-0.05, 0) is 118 Å². The molecular formula is C36H50O5. The fourth-order valence-corrected chi connectivity index (χ4v) is 10.8. The van der Waals surface area contributed by atoms with E-state index in [0.717, 1.165) is 44.9 Å². The summed E-state index contributed by atoms with van der Waals surface area (Å²) in [4.78, 5) is 25.4. The fraction of sp³-hybridized carbons (Fsp3) is 0.722. The SMILES string of the molecule is C=C(C)CC[C@H]1O[C@H]2C[C@H]3[C@@H]4CC[C@H]5C[C@@H](OC(C)=O)CC[C@]5(C)[C@H]4C[C@@H](OC(=O)c4ccccc4)[C@]3(C)[C@H]2[C@@H]1C. The topological polar surface area (TPSA) is 61.8 Å². The molecule has 12 atom stereocenters. The summed E-state index contributed by atoms with van der Waals surface area (Å²) in [7, 11) is 0. The van der Waals surface area contributed by atoms with Crippen molar-refractivity contribution in [2.45, 2.75) is 117 Å². The smallest absolute Gasteiger partial charge is 0.338 e. The molecule has 4 aliphatic carbocycles. The van der Waals surface area contributed by atoms with E-state index in [1.807, 2.05) is 30.3 Å². The molecular weight excluding hydrogens is 512 g/mol. The molecule has 1 aromatic carbocycles. The Morgan fingerprint density at radius 2 is 1.76 bits per heavy atom. The van der Waals surface area contributed by atoms with Crippen LogP contribution in [0.25, 0.3) is 0 Å². The molecule has 0 spiro atoms. The average molecular weight is 563 g/mol. The maximum absolute atomic E-state index is 13.6. The second kappa shape index (κ2) is 10.8. The molecule has 0 N–H and O–H groups in total. The molecule has 224 valence electrons. The first-order chi connectivity index (χ1) is 19.5. The largest absolute Gasteiger partial charge is 0.463 e. The van der Waals surface area contributed by atoms with Crippen LogP contribution in [0.15, 0.2) is 42.5 Å². The molecule has 1 aromatic rings. The number of benzene rings is 1. The molecule has 0 radical (unpaired) electrons. The molecule has 41 heavy (non-hydrogen) atoms. The lowest BCUT2D eigenvalue weighted by Gasteiger charge is -2.62. The third kappa shape index (κ3) is 4.88. The highest BCUT2D eigenvalue weighted by molar-refractivity contribution is 5.89. The van der Waals surface area contributed by atoms with Gasteiger partial charge in [0, 0.05) is 12.3 Å². The highest BCUT2D eigenvalue weighted by Gasteiger charge is 2.69. The molecule has 0 bridgehead atoms. The first-order valence-corrected chi connectivity index (χ1v) is 16.3. The monoisotopic (exact) mass is 562 g/mol. The van der Waals surface area contributed by atoms with E-state index >= 15 is 0 Å². The van der Waals surface area contributed by atoms with E-state index in [0.29, 0.717) is 41.1 Å². The van der Waals surface area contributed by atoms with Gasteiger partial charge in [0.05, 0.1) is 17.8 Å². The molecule has 4 saturated carbocycles. The number of carbonyl (C=O) groups excluding carboxylic acids is 2. The van der Waals surface area contributed by atoms with Gasteiger partial charge in [-0.1, -0.05) is 44.5 Å². The van der Waals surface area contributed by atoms with Crippen molar-refractivity contribution in [3.05, 3.63) is 48.0 Å². The second-order valence-corrected chi connectivity index (χ2v) is 14.9. The van der Waals surface area contributed by atoms with Gasteiger partial charge < -0.3 is 14.2 Å². The molecule has 5 fully saturated rings. The highest BCUT2D eigenvalue weighted by atomic mass is 16.5. The number of fused-ring (bicyclic) bond motifs is 7. The van der Waals surface area contributed by atoms with Crippen molar-refractivity contribution in [2.75, 3.05) is 0 Å². The summed E-state index contributed by atoms with van der Waals surface area (Å²) in [5, 5.41) is 0. The average Bonchev–Trinajstić information content (AvgIpc) is 3.41. The number of rotatable bonds is 6. The Balaban J connectivity index is 1.31. The zero-order valence-electron chi connectivity index (χ0n) is 25.8.